The zero-order chi connectivity index (χ0) is 15.8. The molecule has 7 nitrogen and oxygen atoms in total. The molecule has 0 unspecified atom stereocenters. The van der Waals surface area contributed by atoms with Crippen LogP contribution in [0.1, 0.15) is 30.6 Å². The van der Waals surface area contributed by atoms with Crippen molar-refractivity contribution in [1.29, 1.82) is 0 Å². The van der Waals surface area contributed by atoms with Gasteiger partial charge in [-0.3, -0.25) is 19.7 Å². The Kier molecular flexibility index (Phi) is 6.32. The molecule has 0 aromatic heterocycles. The monoisotopic (exact) mass is 293 g/mol. The first-order valence-corrected chi connectivity index (χ1v) is 6.69. The number of benzene rings is 1. The van der Waals surface area contributed by atoms with Gasteiger partial charge in [-0.1, -0.05) is 19.9 Å². The molecule has 1 aromatic rings. The molecular weight excluding hydrogens is 274 g/mol. The van der Waals surface area contributed by atoms with Crippen LogP contribution < -0.4 is 10.6 Å². The highest BCUT2D eigenvalue weighted by molar-refractivity contribution is 5.96. The maximum absolute atomic E-state index is 11.8. The highest BCUT2D eigenvalue weighted by Crippen LogP contribution is 2.12. The number of nitro groups is 1. The topological polar surface area (TPSA) is 101 Å². The molecule has 0 saturated heterocycles. The van der Waals surface area contributed by atoms with Crippen molar-refractivity contribution in [2.45, 2.75) is 20.3 Å². The van der Waals surface area contributed by atoms with Gasteiger partial charge in [0.2, 0.25) is 5.91 Å². The number of nitrogens with one attached hydrogen (secondary N) is 2. The molecule has 0 aliphatic carbocycles. The van der Waals surface area contributed by atoms with Gasteiger partial charge in [-0.25, -0.2) is 0 Å². The van der Waals surface area contributed by atoms with E-state index in [-0.39, 0.29) is 23.7 Å². The lowest BCUT2D eigenvalue weighted by atomic mass is 10.1. The van der Waals surface area contributed by atoms with Crippen LogP contribution in [0.2, 0.25) is 0 Å². The standard InChI is InChI=1S/C14H19N3O4/c1-10(2)6-7-15-13(18)9-16-14(19)11-4-3-5-12(8-11)17(20)21/h3-5,8,10H,6-7,9H2,1-2H3,(H,15,18)(H,16,19). The van der Waals surface area contributed by atoms with E-state index in [1.165, 1.54) is 24.3 Å². The number of hydrogen-bond acceptors (Lipinski definition) is 4. The van der Waals surface area contributed by atoms with Crippen LogP contribution in [0.4, 0.5) is 5.69 Å². The van der Waals surface area contributed by atoms with E-state index in [1.54, 1.807) is 0 Å². The number of hydrogen-bond donors (Lipinski definition) is 2. The molecule has 0 heterocycles. The Morgan fingerprint density at radius 1 is 1.29 bits per heavy atom. The van der Waals surface area contributed by atoms with Crippen molar-refractivity contribution in [3.63, 3.8) is 0 Å². The van der Waals surface area contributed by atoms with Crippen molar-refractivity contribution in [3.05, 3.63) is 39.9 Å². The first-order valence-electron chi connectivity index (χ1n) is 6.69. The number of nitrogens with zero attached hydrogens (tertiary/aromatic N) is 1. The minimum absolute atomic E-state index is 0.152. The first-order chi connectivity index (χ1) is 9.90. The van der Waals surface area contributed by atoms with Crippen molar-refractivity contribution in [1.82, 2.24) is 10.6 Å². The van der Waals surface area contributed by atoms with Gasteiger partial charge in [0.15, 0.2) is 0 Å². The van der Waals surface area contributed by atoms with E-state index in [4.69, 9.17) is 0 Å². The van der Waals surface area contributed by atoms with Crippen LogP contribution in [0, 0.1) is 16.0 Å². The SMILES string of the molecule is CC(C)CCNC(=O)CNC(=O)c1cccc([N+](=O)[O-])c1. The van der Waals surface area contributed by atoms with Crippen LogP contribution in [0.25, 0.3) is 0 Å². The zero-order valence-corrected chi connectivity index (χ0v) is 12.1. The Balaban J connectivity index is 2.45. The summed E-state index contributed by atoms with van der Waals surface area (Å²) in [5, 5.41) is 15.7. The molecule has 0 saturated carbocycles. The predicted octanol–water partition coefficient (Wildman–Crippen LogP) is 1.49. The third-order valence-electron chi connectivity index (χ3n) is 2.77. The second-order valence-electron chi connectivity index (χ2n) is 5.02. The number of non-ortho nitro benzene ring substituents is 1. The van der Waals surface area contributed by atoms with Crippen molar-refractivity contribution >= 4 is 17.5 Å². The molecule has 0 aliphatic heterocycles. The zero-order valence-electron chi connectivity index (χ0n) is 12.1. The summed E-state index contributed by atoms with van der Waals surface area (Å²) >= 11 is 0. The molecule has 0 bridgehead atoms. The average Bonchev–Trinajstić information content (AvgIpc) is 2.44. The van der Waals surface area contributed by atoms with Gasteiger partial charge in [-0.2, -0.15) is 0 Å². The van der Waals surface area contributed by atoms with E-state index >= 15 is 0 Å². The van der Waals surface area contributed by atoms with E-state index in [0.29, 0.717) is 12.5 Å². The summed E-state index contributed by atoms with van der Waals surface area (Å²) in [6.07, 6.45) is 0.866. The summed E-state index contributed by atoms with van der Waals surface area (Å²) in [6, 6.07) is 5.36. The van der Waals surface area contributed by atoms with Crippen LogP contribution in [-0.4, -0.2) is 29.8 Å². The molecular formula is C14H19N3O4. The number of carbonyl (C=O) groups excluding carboxylic acids is 2. The van der Waals surface area contributed by atoms with Gasteiger partial charge in [-0.15, -0.1) is 0 Å². The van der Waals surface area contributed by atoms with Crippen molar-refractivity contribution in [2.75, 3.05) is 13.1 Å². The lowest BCUT2D eigenvalue weighted by Crippen LogP contribution is -2.37. The number of amides is 2. The van der Waals surface area contributed by atoms with Crippen LogP contribution in [0.3, 0.4) is 0 Å². The van der Waals surface area contributed by atoms with Gasteiger partial charge < -0.3 is 10.6 Å². The van der Waals surface area contributed by atoms with Crippen molar-refractivity contribution in [2.24, 2.45) is 5.92 Å². The highest BCUT2D eigenvalue weighted by atomic mass is 16.6. The highest BCUT2D eigenvalue weighted by Gasteiger charge is 2.12. The Bertz CT molecular complexity index is 529. The summed E-state index contributed by atoms with van der Waals surface area (Å²) in [6.45, 7) is 4.51. The normalized spacial score (nSPS) is 10.2. The predicted molar refractivity (Wildman–Crippen MR) is 77.9 cm³/mol. The summed E-state index contributed by atoms with van der Waals surface area (Å²) < 4.78 is 0. The van der Waals surface area contributed by atoms with Crippen LogP contribution >= 0.6 is 0 Å². The second kappa shape index (κ2) is 7.98. The van der Waals surface area contributed by atoms with Crippen molar-refractivity contribution < 1.29 is 14.5 Å². The Morgan fingerprint density at radius 2 is 2.00 bits per heavy atom. The fourth-order valence-electron chi connectivity index (χ4n) is 1.59. The molecule has 0 fully saturated rings. The Labute approximate surface area is 122 Å². The smallest absolute Gasteiger partial charge is 0.270 e. The van der Waals surface area contributed by atoms with Crippen LogP contribution in [0.15, 0.2) is 24.3 Å². The summed E-state index contributed by atoms with van der Waals surface area (Å²) in [5.41, 5.74) is -0.0109. The van der Waals surface area contributed by atoms with E-state index in [1.807, 2.05) is 0 Å². The van der Waals surface area contributed by atoms with E-state index in [0.717, 1.165) is 6.42 Å². The van der Waals surface area contributed by atoms with E-state index in [9.17, 15) is 19.7 Å². The van der Waals surface area contributed by atoms with Gasteiger partial charge in [0.05, 0.1) is 11.5 Å². The lowest BCUT2D eigenvalue weighted by Gasteiger charge is -2.08. The molecule has 21 heavy (non-hydrogen) atoms. The maximum Gasteiger partial charge on any atom is 0.270 e. The molecule has 0 atom stereocenters. The molecule has 0 radical (unpaired) electrons. The van der Waals surface area contributed by atoms with E-state index < -0.39 is 10.8 Å². The molecule has 1 rings (SSSR count). The van der Waals surface area contributed by atoms with E-state index in [2.05, 4.69) is 24.5 Å². The number of carbonyl (C=O) groups is 2. The summed E-state index contributed by atoms with van der Waals surface area (Å²) in [7, 11) is 0. The fraction of sp³-hybridized carbons (Fsp3) is 0.429. The molecule has 2 N–H and O–H groups in total. The Morgan fingerprint density at radius 3 is 2.62 bits per heavy atom. The number of rotatable bonds is 7. The van der Waals surface area contributed by atoms with Gasteiger partial charge in [0.1, 0.15) is 0 Å². The lowest BCUT2D eigenvalue weighted by molar-refractivity contribution is -0.384. The summed E-state index contributed by atoms with van der Waals surface area (Å²) in [5.74, 6) is -0.308. The third-order valence-corrected chi connectivity index (χ3v) is 2.77. The molecule has 114 valence electrons. The molecule has 0 spiro atoms. The van der Waals surface area contributed by atoms with Crippen LogP contribution in [-0.2, 0) is 4.79 Å². The third kappa shape index (κ3) is 6.03. The maximum atomic E-state index is 11.8. The minimum atomic E-state index is -0.574. The molecule has 7 heteroatoms. The van der Waals surface area contributed by atoms with Gasteiger partial charge >= 0.3 is 0 Å². The largest absolute Gasteiger partial charge is 0.355 e. The van der Waals surface area contributed by atoms with Gasteiger partial charge in [0, 0.05) is 24.2 Å². The fourth-order valence-corrected chi connectivity index (χ4v) is 1.59. The molecule has 2 amide bonds. The minimum Gasteiger partial charge on any atom is -0.355 e. The van der Waals surface area contributed by atoms with Gasteiger partial charge in [-0.05, 0) is 18.4 Å². The van der Waals surface area contributed by atoms with Crippen LogP contribution in [0.5, 0.6) is 0 Å². The molecule has 1 aromatic carbocycles. The molecule has 0 aliphatic rings. The second-order valence-corrected chi connectivity index (χ2v) is 5.02. The first kappa shape index (κ1) is 16.6. The average molecular weight is 293 g/mol. The number of nitro benzene ring substituents is 1. The van der Waals surface area contributed by atoms with Gasteiger partial charge in [0.25, 0.3) is 11.6 Å². The summed E-state index contributed by atoms with van der Waals surface area (Å²) in [4.78, 5) is 33.3. The Hall–Kier alpha value is -2.44. The van der Waals surface area contributed by atoms with Crippen molar-refractivity contribution in [3.8, 4) is 0 Å². The quantitative estimate of drug-likeness (QED) is 0.587.